The lowest BCUT2D eigenvalue weighted by Gasteiger charge is -2.33. The Morgan fingerprint density at radius 1 is 1.18 bits per heavy atom. The molecule has 2 aliphatic rings. The number of hydrogen-bond donors (Lipinski definition) is 1. The SMILES string of the molecule is O=C(c1ccc(-c2cnc(Cl)cc2N2CCC[C@H](O)C2)cn1)N1CCOCC1. The number of carbonyl (C=O) groups excluding carboxylic acids is 1. The maximum absolute atomic E-state index is 12.6. The number of carbonyl (C=O) groups is 1. The smallest absolute Gasteiger partial charge is 0.272 e. The molecule has 1 atom stereocenters. The predicted molar refractivity (Wildman–Crippen MR) is 107 cm³/mol. The summed E-state index contributed by atoms with van der Waals surface area (Å²) >= 11 is 6.14. The fraction of sp³-hybridized carbons (Fsp3) is 0.450. The van der Waals surface area contributed by atoms with E-state index >= 15 is 0 Å². The van der Waals surface area contributed by atoms with Crippen molar-refractivity contribution in [2.75, 3.05) is 44.3 Å². The number of aliphatic hydroxyl groups is 1. The van der Waals surface area contributed by atoms with Crippen molar-refractivity contribution < 1.29 is 14.6 Å². The number of halogens is 1. The number of hydrogen-bond acceptors (Lipinski definition) is 6. The van der Waals surface area contributed by atoms with Crippen LogP contribution >= 0.6 is 11.6 Å². The second-order valence-corrected chi connectivity index (χ2v) is 7.49. The van der Waals surface area contributed by atoms with Gasteiger partial charge in [0, 0.05) is 55.4 Å². The van der Waals surface area contributed by atoms with Crippen LogP contribution in [0.3, 0.4) is 0 Å². The zero-order valence-electron chi connectivity index (χ0n) is 15.6. The maximum atomic E-state index is 12.6. The summed E-state index contributed by atoms with van der Waals surface area (Å²) in [5.41, 5.74) is 3.09. The minimum Gasteiger partial charge on any atom is -0.391 e. The number of aromatic nitrogens is 2. The number of morpholine rings is 1. The zero-order valence-corrected chi connectivity index (χ0v) is 16.3. The Kier molecular flexibility index (Phi) is 5.75. The highest BCUT2D eigenvalue weighted by Gasteiger charge is 2.23. The van der Waals surface area contributed by atoms with Crippen LogP contribution in [-0.2, 0) is 4.74 Å². The molecule has 2 aliphatic heterocycles. The van der Waals surface area contributed by atoms with Crippen molar-refractivity contribution in [1.82, 2.24) is 14.9 Å². The second-order valence-electron chi connectivity index (χ2n) is 7.10. The van der Waals surface area contributed by atoms with Crippen LogP contribution in [0.25, 0.3) is 11.1 Å². The van der Waals surface area contributed by atoms with Crippen LogP contribution in [0.5, 0.6) is 0 Å². The number of rotatable bonds is 3. The van der Waals surface area contributed by atoms with Crippen LogP contribution < -0.4 is 4.90 Å². The summed E-state index contributed by atoms with van der Waals surface area (Å²) in [5, 5.41) is 10.4. The van der Waals surface area contributed by atoms with Crippen LogP contribution in [0.4, 0.5) is 5.69 Å². The lowest BCUT2D eigenvalue weighted by atomic mass is 10.0. The van der Waals surface area contributed by atoms with Gasteiger partial charge >= 0.3 is 0 Å². The number of β-amino-alcohol motifs (C(OH)–C–C–N with tert-alkyl or cyclic N) is 1. The molecule has 0 spiro atoms. The van der Waals surface area contributed by atoms with Crippen molar-refractivity contribution in [3.05, 3.63) is 41.4 Å². The number of amides is 1. The molecule has 2 fully saturated rings. The fourth-order valence-corrected chi connectivity index (χ4v) is 3.84. The first-order chi connectivity index (χ1) is 13.6. The van der Waals surface area contributed by atoms with Crippen molar-refractivity contribution in [3.8, 4) is 11.1 Å². The molecule has 1 N–H and O–H groups in total. The van der Waals surface area contributed by atoms with E-state index in [0.29, 0.717) is 43.7 Å². The normalized spacial score (nSPS) is 20.3. The summed E-state index contributed by atoms with van der Waals surface area (Å²) < 4.78 is 5.30. The minimum absolute atomic E-state index is 0.0801. The van der Waals surface area contributed by atoms with E-state index in [9.17, 15) is 9.90 Å². The molecule has 0 saturated carbocycles. The highest BCUT2D eigenvalue weighted by atomic mass is 35.5. The van der Waals surface area contributed by atoms with Gasteiger partial charge < -0.3 is 19.6 Å². The number of ether oxygens (including phenoxy) is 1. The molecule has 148 valence electrons. The molecular weight excluding hydrogens is 380 g/mol. The average molecular weight is 403 g/mol. The number of anilines is 1. The molecule has 0 unspecified atom stereocenters. The summed E-state index contributed by atoms with van der Waals surface area (Å²) in [4.78, 5) is 25.1. The first-order valence-electron chi connectivity index (χ1n) is 9.54. The van der Waals surface area contributed by atoms with Crippen molar-refractivity contribution in [3.63, 3.8) is 0 Å². The Morgan fingerprint density at radius 2 is 2.00 bits per heavy atom. The van der Waals surface area contributed by atoms with Gasteiger partial charge in [0.05, 0.1) is 19.3 Å². The van der Waals surface area contributed by atoms with E-state index in [0.717, 1.165) is 36.2 Å². The van der Waals surface area contributed by atoms with Crippen molar-refractivity contribution in [1.29, 1.82) is 0 Å². The van der Waals surface area contributed by atoms with Gasteiger partial charge in [0.25, 0.3) is 5.91 Å². The largest absolute Gasteiger partial charge is 0.391 e. The number of piperidine rings is 1. The van der Waals surface area contributed by atoms with Crippen LogP contribution in [0.1, 0.15) is 23.3 Å². The van der Waals surface area contributed by atoms with Gasteiger partial charge in [-0.3, -0.25) is 9.78 Å². The van der Waals surface area contributed by atoms with E-state index in [1.54, 1.807) is 23.4 Å². The molecule has 4 rings (SSSR count). The van der Waals surface area contributed by atoms with Crippen LogP contribution in [0, 0.1) is 0 Å². The maximum Gasteiger partial charge on any atom is 0.272 e. The highest BCUT2D eigenvalue weighted by molar-refractivity contribution is 6.29. The van der Waals surface area contributed by atoms with Crippen LogP contribution in [0.2, 0.25) is 5.15 Å². The third kappa shape index (κ3) is 4.11. The Hall–Kier alpha value is -2.22. The van der Waals surface area contributed by atoms with E-state index in [4.69, 9.17) is 16.3 Å². The number of pyridine rings is 2. The minimum atomic E-state index is -0.347. The van der Waals surface area contributed by atoms with Crippen LogP contribution in [-0.4, -0.2) is 71.4 Å². The summed E-state index contributed by atoms with van der Waals surface area (Å²) in [6.07, 6.45) is 4.80. The van der Waals surface area contributed by atoms with E-state index in [2.05, 4.69) is 14.9 Å². The van der Waals surface area contributed by atoms with Gasteiger partial charge in [-0.15, -0.1) is 0 Å². The van der Waals surface area contributed by atoms with Gasteiger partial charge in [0.1, 0.15) is 10.8 Å². The van der Waals surface area contributed by atoms with Gasteiger partial charge in [-0.1, -0.05) is 17.7 Å². The van der Waals surface area contributed by atoms with Crippen molar-refractivity contribution in [2.45, 2.75) is 18.9 Å². The molecule has 1 amide bonds. The molecule has 28 heavy (non-hydrogen) atoms. The molecule has 0 aromatic carbocycles. The standard InChI is InChI=1S/C20H23ClN4O3/c21-19-10-18(25-5-1-2-15(26)13-25)16(12-23-19)14-3-4-17(22-11-14)20(27)24-6-8-28-9-7-24/h3-4,10-12,15,26H,1-2,5-9,13H2/t15-/m0/s1. The van der Waals surface area contributed by atoms with E-state index in [-0.39, 0.29) is 12.0 Å². The molecule has 2 aromatic heterocycles. The Morgan fingerprint density at radius 3 is 2.71 bits per heavy atom. The number of nitrogens with zero attached hydrogens (tertiary/aromatic N) is 4. The van der Waals surface area contributed by atoms with Gasteiger partial charge in [-0.05, 0) is 25.0 Å². The summed E-state index contributed by atoms with van der Waals surface area (Å²) in [6, 6.07) is 5.45. The topological polar surface area (TPSA) is 78.8 Å². The second kappa shape index (κ2) is 8.43. The monoisotopic (exact) mass is 402 g/mol. The van der Waals surface area contributed by atoms with Gasteiger partial charge in [0.2, 0.25) is 0 Å². The molecule has 2 aromatic rings. The van der Waals surface area contributed by atoms with Gasteiger partial charge in [0.15, 0.2) is 0 Å². The molecule has 0 radical (unpaired) electrons. The molecule has 2 saturated heterocycles. The molecular formula is C20H23ClN4O3. The average Bonchev–Trinajstić information content (AvgIpc) is 2.74. The van der Waals surface area contributed by atoms with Gasteiger partial charge in [-0.2, -0.15) is 0 Å². The van der Waals surface area contributed by atoms with E-state index in [1.807, 2.05) is 12.1 Å². The Bertz CT molecular complexity index is 840. The first kappa shape index (κ1) is 19.1. The van der Waals surface area contributed by atoms with Gasteiger partial charge in [-0.25, -0.2) is 4.98 Å². The third-order valence-electron chi connectivity index (χ3n) is 5.18. The Balaban J connectivity index is 1.59. The predicted octanol–water partition coefficient (Wildman–Crippen LogP) is 2.23. The highest BCUT2D eigenvalue weighted by Crippen LogP contribution is 2.33. The molecule has 8 heteroatoms. The zero-order chi connectivity index (χ0) is 19.5. The van der Waals surface area contributed by atoms with E-state index < -0.39 is 0 Å². The van der Waals surface area contributed by atoms with E-state index in [1.165, 1.54) is 0 Å². The molecule has 7 nitrogen and oxygen atoms in total. The molecule has 0 bridgehead atoms. The van der Waals surface area contributed by atoms with Crippen molar-refractivity contribution in [2.24, 2.45) is 0 Å². The first-order valence-corrected chi connectivity index (χ1v) is 9.91. The Labute approximate surface area is 168 Å². The van der Waals surface area contributed by atoms with Crippen LogP contribution in [0.15, 0.2) is 30.6 Å². The number of aliphatic hydroxyl groups excluding tert-OH is 1. The summed E-state index contributed by atoms with van der Waals surface area (Å²) in [6.45, 7) is 3.71. The molecule has 4 heterocycles. The quantitative estimate of drug-likeness (QED) is 0.793. The summed E-state index contributed by atoms with van der Waals surface area (Å²) in [5.74, 6) is -0.0801. The fourth-order valence-electron chi connectivity index (χ4n) is 3.69. The third-order valence-corrected chi connectivity index (χ3v) is 5.38. The lowest BCUT2D eigenvalue weighted by Crippen LogP contribution is -2.41. The lowest BCUT2D eigenvalue weighted by molar-refractivity contribution is 0.0299. The summed E-state index contributed by atoms with van der Waals surface area (Å²) in [7, 11) is 0. The molecule has 0 aliphatic carbocycles. The van der Waals surface area contributed by atoms with Crippen molar-refractivity contribution >= 4 is 23.2 Å².